The van der Waals surface area contributed by atoms with Crippen LogP contribution in [-0.4, -0.2) is 36.6 Å². The van der Waals surface area contributed by atoms with Gasteiger partial charge >= 0.3 is 0 Å². The largest absolute Gasteiger partial charge is 0.497 e. The smallest absolute Gasteiger partial charge is 0.154 e. The van der Waals surface area contributed by atoms with Gasteiger partial charge in [-0.2, -0.15) is 10.2 Å². The molecule has 0 spiro atoms. The van der Waals surface area contributed by atoms with Gasteiger partial charge in [-0.1, -0.05) is 12.1 Å². The Bertz CT molecular complexity index is 821. The van der Waals surface area contributed by atoms with E-state index in [2.05, 4.69) is 23.1 Å². The van der Waals surface area contributed by atoms with Gasteiger partial charge in [0, 0.05) is 5.92 Å². The van der Waals surface area contributed by atoms with Crippen LogP contribution in [0.3, 0.4) is 0 Å². The second-order valence-corrected chi connectivity index (χ2v) is 6.16. The molecule has 1 saturated carbocycles. The molecule has 7 heteroatoms. The Morgan fingerprint density at radius 2 is 2.21 bits per heavy atom. The zero-order valence-corrected chi connectivity index (χ0v) is 13.8. The summed E-state index contributed by atoms with van der Waals surface area (Å²) in [5, 5.41) is 9.00. The van der Waals surface area contributed by atoms with Gasteiger partial charge < -0.3 is 4.74 Å². The first-order chi connectivity index (χ1) is 11.7. The van der Waals surface area contributed by atoms with Crippen LogP contribution in [0.15, 0.2) is 36.9 Å². The van der Waals surface area contributed by atoms with Gasteiger partial charge in [-0.25, -0.2) is 19.3 Å². The van der Waals surface area contributed by atoms with E-state index in [4.69, 9.17) is 14.8 Å². The van der Waals surface area contributed by atoms with Gasteiger partial charge in [0.15, 0.2) is 11.6 Å². The van der Waals surface area contributed by atoms with Crippen LogP contribution in [0.25, 0.3) is 0 Å². The van der Waals surface area contributed by atoms with Crippen molar-refractivity contribution in [1.29, 1.82) is 0 Å². The van der Waals surface area contributed by atoms with Gasteiger partial charge in [-0.3, -0.25) is 0 Å². The molecule has 1 fully saturated rings. The fourth-order valence-corrected chi connectivity index (χ4v) is 2.79. The number of aromatic nitrogens is 6. The predicted molar refractivity (Wildman–Crippen MR) is 87.9 cm³/mol. The molecule has 2 aromatic heterocycles. The number of rotatable bonds is 6. The highest BCUT2D eigenvalue weighted by atomic mass is 16.5. The third kappa shape index (κ3) is 2.89. The number of hydrogen-bond donors (Lipinski definition) is 0. The van der Waals surface area contributed by atoms with E-state index < -0.39 is 0 Å². The third-order valence-corrected chi connectivity index (χ3v) is 4.33. The van der Waals surface area contributed by atoms with Crippen LogP contribution >= 0.6 is 0 Å². The minimum atomic E-state index is -0.0156. The zero-order chi connectivity index (χ0) is 16.5. The summed E-state index contributed by atoms with van der Waals surface area (Å²) in [4.78, 5) is 8.84. The molecular weight excluding hydrogens is 304 g/mol. The lowest BCUT2D eigenvalue weighted by Crippen LogP contribution is -2.15. The first kappa shape index (κ1) is 14.9. The highest BCUT2D eigenvalue weighted by Gasteiger charge is 2.30. The van der Waals surface area contributed by atoms with Crippen molar-refractivity contribution in [3.05, 3.63) is 54.1 Å². The van der Waals surface area contributed by atoms with Gasteiger partial charge in [0.25, 0.3) is 0 Å². The Hall–Kier alpha value is -2.70. The van der Waals surface area contributed by atoms with E-state index in [0.717, 1.165) is 23.0 Å². The van der Waals surface area contributed by atoms with E-state index in [-0.39, 0.29) is 6.04 Å². The van der Waals surface area contributed by atoms with Gasteiger partial charge in [-0.15, -0.1) is 0 Å². The van der Waals surface area contributed by atoms with Crippen molar-refractivity contribution in [1.82, 2.24) is 29.5 Å². The molecule has 1 aromatic carbocycles. The normalized spacial score (nSPS) is 15.4. The van der Waals surface area contributed by atoms with E-state index in [1.54, 1.807) is 19.8 Å². The molecule has 4 rings (SSSR count). The molecule has 1 aliphatic rings. The predicted octanol–water partition coefficient (Wildman–Crippen LogP) is 2.41. The summed E-state index contributed by atoms with van der Waals surface area (Å²) < 4.78 is 9.10. The van der Waals surface area contributed by atoms with E-state index in [1.165, 1.54) is 12.8 Å². The lowest BCUT2D eigenvalue weighted by atomic mass is 10.2. The van der Waals surface area contributed by atoms with Crippen molar-refractivity contribution in [3.63, 3.8) is 0 Å². The minimum Gasteiger partial charge on any atom is -0.497 e. The number of hydrogen-bond acceptors (Lipinski definition) is 5. The van der Waals surface area contributed by atoms with Crippen LogP contribution in [0.1, 0.15) is 48.9 Å². The Morgan fingerprint density at radius 3 is 2.92 bits per heavy atom. The van der Waals surface area contributed by atoms with Crippen molar-refractivity contribution in [3.8, 4) is 5.75 Å². The first-order valence-electron chi connectivity index (χ1n) is 8.16. The van der Waals surface area contributed by atoms with Crippen molar-refractivity contribution in [2.45, 2.75) is 38.3 Å². The summed E-state index contributed by atoms with van der Waals surface area (Å²) >= 11 is 0. The molecule has 1 aliphatic carbocycles. The monoisotopic (exact) mass is 324 g/mol. The third-order valence-electron chi connectivity index (χ3n) is 4.33. The van der Waals surface area contributed by atoms with Crippen LogP contribution in [0.4, 0.5) is 0 Å². The average molecular weight is 324 g/mol. The Balaban J connectivity index is 1.67. The molecular formula is C17H20N6O. The molecule has 0 saturated heterocycles. The second-order valence-electron chi connectivity index (χ2n) is 6.16. The summed E-state index contributed by atoms with van der Waals surface area (Å²) in [5.41, 5.74) is 1.13. The number of methoxy groups -OCH3 is 1. The highest BCUT2D eigenvalue weighted by Crippen LogP contribution is 2.38. The standard InChI is InChI=1S/C17H20N6O/c1-12(23-11-18-10-19-23)17-20-16(14-6-7-14)21-22(17)9-13-4-3-5-15(8-13)24-2/h3-5,8,10-12,14H,6-7,9H2,1-2H3. The summed E-state index contributed by atoms with van der Waals surface area (Å²) in [6, 6.07) is 8.03. The van der Waals surface area contributed by atoms with Crippen LogP contribution in [-0.2, 0) is 6.54 Å². The van der Waals surface area contributed by atoms with Crippen molar-refractivity contribution in [2.24, 2.45) is 0 Å². The minimum absolute atomic E-state index is 0.0156. The Morgan fingerprint density at radius 1 is 1.33 bits per heavy atom. The van der Waals surface area contributed by atoms with Crippen molar-refractivity contribution >= 4 is 0 Å². The topological polar surface area (TPSA) is 70.7 Å². The molecule has 0 radical (unpaired) electrons. The Labute approximate surface area is 140 Å². The highest BCUT2D eigenvalue weighted by molar-refractivity contribution is 5.28. The number of benzene rings is 1. The molecule has 124 valence electrons. The van der Waals surface area contributed by atoms with E-state index in [0.29, 0.717) is 12.5 Å². The molecule has 0 N–H and O–H groups in total. The molecule has 24 heavy (non-hydrogen) atoms. The zero-order valence-electron chi connectivity index (χ0n) is 13.8. The molecule has 1 unspecified atom stereocenters. The maximum atomic E-state index is 5.31. The number of ether oxygens (including phenoxy) is 1. The van der Waals surface area contributed by atoms with E-state index >= 15 is 0 Å². The quantitative estimate of drug-likeness (QED) is 0.696. The summed E-state index contributed by atoms with van der Waals surface area (Å²) in [6.07, 6.45) is 5.62. The van der Waals surface area contributed by atoms with E-state index in [9.17, 15) is 0 Å². The first-order valence-corrected chi connectivity index (χ1v) is 8.16. The maximum absolute atomic E-state index is 5.31. The molecule has 0 bridgehead atoms. The summed E-state index contributed by atoms with van der Waals surface area (Å²) in [7, 11) is 1.68. The van der Waals surface area contributed by atoms with Crippen LogP contribution < -0.4 is 4.74 Å². The van der Waals surface area contributed by atoms with Gasteiger partial charge in [0.05, 0.1) is 13.7 Å². The summed E-state index contributed by atoms with van der Waals surface area (Å²) in [6.45, 7) is 2.72. The molecule has 0 amide bonds. The van der Waals surface area contributed by atoms with Crippen LogP contribution in [0.5, 0.6) is 5.75 Å². The van der Waals surface area contributed by atoms with Crippen molar-refractivity contribution < 1.29 is 4.74 Å². The molecule has 7 nitrogen and oxygen atoms in total. The maximum Gasteiger partial charge on any atom is 0.154 e. The molecule has 0 aliphatic heterocycles. The van der Waals surface area contributed by atoms with Gasteiger partial charge in [-0.05, 0) is 37.5 Å². The van der Waals surface area contributed by atoms with E-state index in [1.807, 2.05) is 27.6 Å². The molecule has 3 aromatic rings. The molecule has 2 heterocycles. The van der Waals surface area contributed by atoms with Crippen LogP contribution in [0.2, 0.25) is 0 Å². The summed E-state index contributed by atoms with van der Waals surface area (Å²) in [5.74, 6) is 3.21. The lowest BCUT2D eigenvalue weighted by molar-refractivity contribution is 0.413. The Kier molecular flexibility index (Phi) is 3.76. The van der Waals surface area contributed by atoms with Crippen molar-refractivity contribution in [2.75, 3.05) is 7.11 Å². The second kappa shape index (κ2) is 6.07. The fraction of sp³-hybridized carbons (Fsp3) is 0.412. The van der Waals surface area contributed by atoms with Gasteiger partial charge in [0.2, 0.25) is 0 Å². The average Bonchev–Trinajstić information content (AvgIpc) is 3.15. The molecule has 1 atom stereocenters. The fourth-order valence-electron chi connectivity index (χ4n) is 2.79. The SMILES string of the molecule is COc1cccc(Cn2nc(C3CC3)nc2C(C)n2cncn2)c1. The van der Waals surface area contributed by atoms with Crippen LogP contribution in [0, 0.1) is 0 Å². The lowest BCUT2D eigenvalue weighted by Gasteiger charge is -2.13. The number of nitrogens with zero attached hydrogens (tertiary/aromatic N) is 6. The van der Waals surface area contributed by atoms with Gasteiger partial charge in [0.1, 0.15) is 24.4 Å².